The molecule has 0 fully saturated rings. The van der Waals surface area contributed by atoms with Gasteiger partial charge in [0.1, 0.15) is 5.84 Å². The SMILES string of the molecule is C=C(c1ccc(-c2ccccc2)cc1)C(Cc1ccc(-c2ccccc2)cc1)(CN(C)/C(=N\C(=N)c1ccccc1)c1ccccc1)n1c2cc(-n3c4ccccc4c4ccccc43)ccc2c2c(-n3c4ccccc4c4ccccc43)cccc21. The maximum Gasteiger partial charge on any atom is 0.154 e. The number of hydrogen-bond donors (Lipinski definition) is 1. The van der Waals surface area contributed by atoms with Gasteiger partial charge in [0, 0.05) is 69.1 Å². The summed E-state index contributed by atoms with van der Waals surface area (Å²) in [5.74, 6) is 0.852. The summed E-state index contributed by atoms with van der Waals surface area (Å²) in [4.78, 5) is 7.61. The van der Waals surface area contributed by atoms with Gasteiger partial charge in [0.2, 0.25) is 0 Å². The second kappa shape index (κ2) is 21.6. The molecule has 86 heavy (non-hydrogen) atoms. The summed E-state index contributed by atoms with van der Waals surface area (Å²) in [6.45, 7) is 5.78. The molecule has 1 unspecified atom stereocenters. The predicted molar refractivity (Wildman–Crippen MR) is 361 cm³/mol. The standard InChI is InChI=1S/C80H60N6/c1-55(57-46-48-61(49-47-57)59-26-9-4-10-27-59)80(53-56-42-44-60(45-43-56)58-24-7-3-8-25-58,54-83(2)79(63-30-13-6-14-31-63)82-78(81)62-28-11-5-12-29-62)86-75-41-23-40-74(85-72-38-21-17-34-67(72)68-35-18-22-39-73(68)85)77(75)69-51-50-64(52-76(69)86)84-70-36-19-15-32-65(70)66-33-16-20-37-71(66)84/h3-52,81H,1,53-54H2,2H3/b81-78?,82-79-. The summed E-state index contributed by atoms with van der Waals surface area (Å²) in [5, 5.41) is 16.7. The minimum absolute atomic E-state index is 0.178. The molecule has 1 N–H and O–H groups in total. The van der Waals surface area contributed by atoms with Gasteiger partial charge in [0.15, 0.2) is 5.84 Å². The molecule has 410 valence electrons. The Morgan fingerprint density at radius 1 is 0.407 bits per heavy atom. The molecule has 3 aromatic heterocycles. The lowest BCUT2D eigenvalue weighted by atomic mass is 9.79. The van der Waals surface area contributed by atoms with Gasteiger partial charge in [0.25, 0.3) is 0 Å². The van der Waals surface area contributed by atoms with Crippen molar-refractivity contribution in [3.63, 3.8) is 0 Å². The van der Waals surface area contributed by atoms with Gasteiger partial charge in [-0.3, -0.25) is 5.41 Å². The van der Waals surface area contributed by atoms with Crippen molar-refractivity contribution >= 4 is 82.7 Å². The van der Waals surface area contributed by atoms with E-state index in [-0.39, 0.29) is 5.84 Å². The maximum absolute atomic E-state index is 9.64. The Morgan fingerprint density at radius 3 is 1.38 bits per heavy atom. The fraction of sp³-hybridized carbons (Fsp3) is 0.0500. The number of nitrogens with one attached hydrogen (secondary N) is 1. The molecule has 0 aliphatic heterocycles. The van der Waals surface area contributed by atoms with Crippen molar-refractivity contribution in [3.05, 3.63) is 332 Å². The van der Waals surface area contributed by atoms with Crippen molar-refractivity contribution in [1.29, 1.82) is 5.41 Å². The monoisotopic (exact) mass is 1100 g/mol. The van der Waals surface area contributed by atoms with Crippen LogP contribution >= 0.6 is 0 Å². The molecule has 0 aliphatic rings. The molecule has 0 amide bonds. The Hall–Kier alpha value is -11.1. The zero-order valence-corrected chi connectivity index (χ0v) is 47.7. The fourth-order valence-electron chi connectivity index (χ4n) is 13.5. The molecule has 3 heterocycles. The van der Waals surface area contributed by atoms with Crippen LogP contribution in [0.5, 0.6) is 0 Å². The lowest BCUT2D eigenvalue weighted by Gasteiger charge is -2.43. The molecule has 0 bridgehead atoms. The van der Waals surface area contributed by atoms with Gasteiger partial charge in [-0.2, -0.15) is 0 Å². The van der Waals surface area contributed by atoms with Crippen LogP contribution in [0.25, 0.3) is 105 Å². The third-order valence-electron chi connectivity index (χ3n) is 17.5. The maximum atomic E-state index is 9.64. The van der Waals surface area contributed by atoms with E-state index in [1.54, 1.807) is 0 Å². The van der Waals surface area contributed by atoms with E-state index in [4.69, 9.17) is 11.6 Å². The number of benzene rings is 12. The van der Waals surface area contributed by atoms with Crippen molar-refractivity contribution in [3.8, 4) is 33.6 Å². The second-order valence-corrected chi connectivity index (χ2v) is 22.5. The highest BCUT2D eigenvalue weighted by Gasteiger charge is 2.41. The highest BCUT2D eigenvalue weighted by Crippen LogP contribution is 2.48. The Kier molecular flexibility index (Phi) is 13.0. The number of hydrogen-bond acceptors (Lipinski definition) is 1. The Morgan fingerprint density at radius 2 is 0.849 bits per heavy atom. The quantitative estimate of drug-likeness (QED) is 0.0908. The number of amidine groups is 2. The van der Waals surface area contributed by atoms with Crippen molar-refractivity contribution in [2.75, 3.05) is 13.6 Å². The van der Waals surface area contributed by atoms with Crippen molar-refractivity contribution < 1.29 is 0 Å². The predicted octanol–water partition coefficient (Wildman–Crippen LogP) is 19.4. The smallest absolute Gasteiger partial charge is 0.154 e. The number of para-hydroxylation sites is 4. The molecular formula is C80H60N6. The number of aromatic nitrogens is 3. The van der Waals surface area contributed by atoms with E-state index in [9.17, 15) is 5.41 Å². The molecule has 0 radical (unpaired) electrons. The van der Waals surface area contributed by atoms with Crippen LogP contribution in [-0.2, 0) is 12.0 Å². The minimum Gasteiger partial charge on any atom is -0.356 e. The van der Waals surface area contributed by atoms with Gasteiger partial charge < -0.3 is 18.6 Å². The van der Waals surface area contributed by atoms with E-state index in [1.807, 2.05) is 36.4 Å². The molecule has 0 saturated carbocycles. The second-order valence-electron chi connectivity index (χ2n) is 22.5. The van der Waals surface area contributed by atoms with Crippen LogP contribution in [0.4, 0.5) is 0 Å². The Labute approximate surface area is 500 Å². The van der Waals surface area contributed by atoms with Crippen molar-refractivity contribution in [2.24, 2.45) is 4.99 Å². The van der Waals surface area contributed by atoms with E-state index in [0.29, 0.717) is 18.8 Å². The molecule has 15 aromatic rings. The molecule has 6 heteroatoms. The lowest BCUT2D eigenvalue weighted by molar-refractivity contribution is 0.311. The third kappa shape index (κ3) is 8.90. The number of rotatable bonds is 13. The zero-order chi connectivity index (χ0) is 57.7. The Balaban J connectivity index is 1.07. The molecule has 15 rings (SSSR count). The van der Waals surface area contributed by atoms with Crippen LogP contribution < -0.4 is 0 Å². The fourth-order valence-corrected chi connectivity index (χ4v) is 13.5. The summed E-state index contributed by atoms with van der Waals surface area (Å²) in [6, 6.07) is 109. The van der Waals surface area contributed by atoms with E-state index in [1.165, 1.54) is 21.5 Å². The van der Waals surface area contributed by atoms with Crippen LogP contribution in [0.1, 0.15) is 22.3 Å². The van der Waals surface area contributed by atoms with Gasteiger partial charge in [0.05, 0.1) is 44.3 Å². The first kappa shape index (κ1) is 51.8. The normalized spacial score (nSPS) is 12.6. The highest BCUT2D eigenvalue weighted by molar-refractivity contribution is 6.17. The first-order valence-corrected chi connectivity index (χ1v) is 29.4. The third-order valence-corrected chi connectivity index (χ3v) is 17.5. The van der Waals surface area contributed by atoms with Crippen LogP contribution in [0, 0.1) is 5.41 Å². The topological polar surface area (TPSA) is 54.2 Å². The van der Waals surface area contributed by atoms with Gasteiger partial charge in [-0.25, -0.2) is 4.99 Å². The number of nitrogens with zero attached hydrogens (tertiary/aromatic N) is 5. The first-order chi connectivity index (χ1) is 42.4. The first-order valence-electron chi connectivity index (χ1n) is 29.4. The summed E-state index contributed by atoms with van der Waals surface area (Å²) in [6.07, 6.45) is 0.530. The molecule has 12 aromatic carbocycles. The number of fused-ring (bicyclic) bond motifs is 9. The van der Waals surface area contributed by atoms with Gasteiger partial charge in [-0.15, -0.1) is 0 Å². The average molecular weight is 1110 g/mol. The number of likely N-dealkylation sites (N-methyl/N-ethyl adjacent to an activating group) is 1. The van der Waals surface area contributed by atoms with E-state index >= 15 is 0 Å². The van der Waals surface area contributed by atoms with Crippen LogP contribution in [0.2, 0.25) is 0 Å². The van der Waals surface area contributed by atoms with Crippen LogP contribution in [0.3, 0.4) is 0 Å². The van der Waals surface area contributed by atoms with E-state index in [2.05, 4.69) is 293 Å². The highest BCUT2D eigenvalue weighted by atomic mass is 15.2. The van der Waals surface area contributed by atoms with E-state index in [0.717, 1.165) is 105 Å². The van der Waals surface area contributed by atoms with Crippen molar-refractivity contribution in [1.82, 2.24) is 18.6 Å². The van der Waals surface area contributed by atoms with Gasteiger partial charge in [-0.05, 0) is 87.5 Å². The molecule has 0 spiro atoms. The lowest BCUT2D eigenvalue weighted by Crippen LogP contribution is -2.48. The zero-order valence-electron chi connectivity index (χ0n) is 47.7. The van der Waals surface area contributed by atoms with Gasteiger partial charge >= 0.3 is 0 Å². The van der Waals surface area contributed by atoms with E-state index < -0.39 is 5.54 Å². The summed E-state index contributed by atoms with van der Waals surface area (Å²) < 4.78 is 7.55. The van der Waals surface area contributed by atoms with Gasteiger partial charge in [-0.1, -0.05) is 261 Å². The summed E-state index contributed by atoms with van der Waals surface area (Å²) in [7, 11) is 2.14. The minimum atomic E-state index is -0.999. The average Bonchev–Trinajstić information content (AvgIpc) is 1.80. The summed E-state index contributed by atoms with van der Waals surface area (Å²) in [5.41, 5.74) is 17.1. The largest absolute Gasteiger partial charge is 0.356 e. The molecule has 6 nitrogen and oxygen atoms in total. The summed E-state index contributed by atoms with van der Waals surface area (Å²) >= 11 is 0. The van der Waals surface area contributed by atoms with Crippen LogP contribution in [0.15, 0.2) is 315 Å². The number of aliphatic imine (C=N–C) groups is 1. The molecule has 0 saturated heterocycles. The van der Waals surface area contributed by atoms with Crippen LogP contribution in [-0.4, -0.2) is 43.9 Å². The Bertz CT molecular complexity index is 4970. The molecule has 0 aliphatic carbocycles. The molecule has 1 atom stereocenters. The van der Waals surface area contributed by atoms with Crippen molar-refractivity contribution in [2.45, 2.75) is 12.0 Å². The molecular weight excluding hydrogens is 1040 g/mol.